The molecule has 2 heteroatoms. The van der Waals surface area contributed by atoms with E-state index in [-0.39, 0.29) is 5.66 Å². The number of quaternary nitrogens is 1. The summed E-state index contributed by atoms with van der Waals surface area (Å²) < 4.78 is 0. The highest BCUT2D eigenvalue weighted by molar-refractivity contribution is 6.06. The minimum Gasteiger partial charge on any atom is -0.288 e. The standard InChI is InChI=1S/C18H18N2/c1-18(2)19-15(13-9-5-3-6-10-13)17-16(20(17)18)14-11-7-4-8-12-14/h3-12,16-17H,1-2H3/p+1/t16-,17-,20?/m0/s1. The molecule has 0 aromatic heterocycles. The van der Waals surface area contributed by atoms with Crippen LogP contribution in [0.3, 0.4) is 0 Å². The van der Waals surface area contributed by atoms with E-state index in [2.05, 4.69) is 74.5 Å². The number of nitrogens with one attached hydrogen (secondary N) is 1. The molecule has 0 aliphatic carbocycles. The SMILES string of the molecule is CC1(C)N=C(c2ccccc2)[C@H]2[C@H](c3ccccc3)[NH+]21. The van der Waals surface area contributed by atoms with Crippen molar-refractivity contribution >= 4 is 5.71 Å². The lowest BCUT2D eigenvalue weighted by Gasteiger charge is -2.16. The fourth-order valence-electron chi connectivity index (χ4n) is 3.65. The van der Waals surface area contributed by atoms with E-state index in [1.165, 1.54) is 16.8 Å². The first-order chi connectivity index (χ1) is 9.68. The molecule has 1 N–H and O–H groups in total. The second kappa shape index (κ2) is 4.03. The summed E-state index contributed by atoms with van der Waals surface area (Å²) in [7, 11) is 0. The van der Waals surface area contributed by atoms with E-state index in [0.717, 1.165) is 0 Å². The first kappa shape index (κ1) is 11.9. The molecule has 20 heavy (non-hydrogen) atoms. The smallest absolute Gasteiger partial charge is 0.190 e. The Morgan fingerprint density at radius 2 is 1.45 bits per heavy atom. The topological polar surface area (TPSA) is 16.8 Å². The van der Waals surface area contributed by atoms with Gasteiger partial charge < -0.3 is 0 Å². The molecule has 3 atom stereocenters. The van der Waals surface area contributed by atoms with Gasteiger partial charge in [0.2, 0.25) is 0 Å². The Morgan fingerprint density at radius 3 is 2.10 bits per heavy atom. The van der Waals surface area contributed by atoms with Gasteiger partial charge in [-0.25, -0.2) is 4.99 Å². The summed E-state index contributed by atoms with van der Waals surface area (Å²) in [5.41, 5.74) is 3.97. The minimum absolute atomic E-state index is 0.0175. The molecule has 100 valence electrons. The molecule has 0 saturated carbocycles. The molecule has 0 amide bonds. The van der Waals surface area contributed by atoms with Gasteiger partial charge in [0.15, 0.2) is 17.7 Å². The number of hydrogen-bond acceptors (Lipinski definition) is 1. The third-order valence-electron chi connectivity index (χ3n) is 4.52. The zero-order valence-electron chi connectivity index (χ0n) is 11.9. The largest absolute Gasteiger partial charge is 0.288 e. The quantitative estimate of drug-likeness (QED) is 0.800. The molecule has 2 aliphatic rings. The van der Waals surface area contributed by atoms with Gasteiger partial charge in [-0.15, -0.1) is 0 Å². The van der Waals surface area contributed by atoms with Gasteiger partial charge in [0.25, 0.3) is 0 Å². The van der Waals surface area contributed by atoms with E-state index < -0.39 is 0 Å². The number of benzene rings is 2. The van der Waals surface area contributed by atoms with Crippen molar-refractivity contribution in [3.05, 3.63) is 71.8 Å². The number of nitrogens with zero attached hydrogens (tertiary/aromatic N) is 1. The Bertz CT molecular complexity index is 658. The fourth-order valence-corrected chi connectivity index (χ4v) is 3.65. The number of hydrogen-bond donors (Lipinski definition) is 1. The zero-order chi connectivity index (χ0) is 13.7. The fraction of sp³-hybridized carbons (Fsp3) is 0.278. The van der Waals surface area contributed by atoms with Crippen molar-refractivity contribution in [1.29, 1.82) is 0 Å². The molecule has 1 unspecified atom stereocenters. The first-order valence-corrected chi connectivity index (χ1v) is 7.26. The average molecular weight is 263 g/mol. The molecule has 2 aromatic rings. The third kappa shape index (κ3) is 1.65. The minimum atomic E-state index is -0.0175. The van der Waals surface area contributed by atoms with E-state index >= 15 is 0 Å². The van der Waals surface area contributed by atoms with E-state index in [0.29, 0.717) is 12.1 Å². The predicted molar refractivity (Wildman–Crippen MR) is 81.0 cm³/mol. The molecule has 0 spiro atoms. The van der Waals surface area contributed by atoms with Gasteiger partial charge in [-0.3, -0.25) is 4.90 Å². The van der Waals surface area contributed by atoms with Crippen molar-refractivity contribution in [1.82, 2.24) is 0 Å². The van der Waals surface area contributed by atoms with Crippen molar-refractivity contribution < 1.29 is 4.90 Å². The number of fused-ring (bicyclic) bond motifs is 1. The van der Waals surface area contributed by atoms with E-state index in [1.54, 1.807) is 4.90 Å². The Kier molecular flexibility index (Phi) is 2.39. The lowest BCUT2D eigenvalue weighted by Crippen LogP contribution is -3.02. The summed E-state index contributed by atoms with van der Waals surface area (Å²) in [5.74, 6) is 0. The normalized spacial score (nSPS) is 29.7. The molecule has 4 rings (SSSR count). The van der Waals surface area contributed by atoms with Crippen LogP contribution in [0.2, 0.25) is 0 Å². The number of rotatable bonds is 2. The van der Waals surface area contributed by atoms with Gasteiger partial charge in [-0.2, -0.15) is 0 Å². The van der Waals surface area contributed by atoms with Gasteiger partial charge in [-0.1, -0.05) is 60.7 Å². The Hall–Kier alpha value is -1.93. The van der Waals surface area contributed by atoms with Gasteiger partial charge in [0.1, 0.15) is 5.71 Å². The van der Waals surface area contributed by atoms with Crippen molar-refractivity contribution in [3.63, 3.8) is 0 Å². The van der Waals surface area contributed by atoms with Crippen LogP contribution in [0, 0.1) is 0 Å². The predicted octanol–water partition coefficient (Wildman–Crippen LogP) is 2.23. The molecule has 2 aromatic carbocycles. The molecule has 0 bridgehead atoms. The summed E-state index contributed by atoms with van der Waals surface area (Å²) in [4.78, 5) is 6.56. The third-order valence-corrected chi connectivity index (χ3v) is 4.52. The van der Waals surface area contributed by atoms with Crippen LogP contribution in [0.5, 0.6) is 0 Å². The molecular formula is C18H19N2+. The van der Waals surface area contributed by atoms with Crippen LogP contribution in [0.1, 0.15) is 31.0 Å². The van der Waals surface area contributed by atoms with Crippen LogP contribution in [0.15, 0.2) is 65.7 Å². The van der Waals surface area contributed by atoms with Crippen LogP contribution < -0.4 is 4.90 Å². The molecule has 2 nitrogen and oxygen atoms in total. The van der Waals surface area contributed by atoms with Crippen LogP contribution in [0.4, 0.5) is 0 Å². The second-order valence-corrected chi connectivity index (χ2v) is 6.24. The maximum Gasteiger partial charge on any atom is 0.190 e. The lowest BCUT2D eigenvalue weighted by molar-refractivity contribution is -0.837. The monoisotopic (exact) mass is 263 g/mol. The van der Waals surface area contributed by atoms with Crippen molar-refractivity contribution in [2.24, 2.45) is 4.99 Å². The molecular weight excluding hydrogens is 244 g/mol. The van der Waals surface area contributed by atoms with Gasteiger partial charge in [-0.05, 0) is 0 Å². The maximum atomic E-state index is 4.98. The molecule has 2 heterocycles. The lowest BCUT2D eigenvalue weighted by atomic mass is 10.0. The first-order valence-electron chi connectivity index (χ1n) is 7.26. The molecule has 0 radical (unpaired) electrons. The maximum absolute atomic E-state index is 4.98. The Balaban J connectivity index is 1.73. The summed E-state index contributed by atoms with van der Waals surface area (Å²) in [6.07, 6.45) is 0. The van der Waals surface area contributed by atoms with Gasteiger partial charge in [0.05, 0.1) is 0 Å². The summed E-state index contributed by atoms with van der Waals surface area (Å²) >= 11 is 0. The Labute approximate surface area is 119 Å². The molecule has 1 saturated heterocycles. The van der Waals surface area contributed by atoms with Gasteiger partial charge in [0, 0.05) is 25.0 Å². The van der Waals surface area contributed by atoms with Crippen molar-refractivity contribution in [2.75, 3.05) is 0 Å². The highest BCUT2D eigenvalue weighted by Crippen LogP contribution is 2.34. The number of aliphatic imine (C=N–C) groups is 1. The van der Waals surface area contributed by atoms with Crippen LogP contribution >= 0.6 is 0 Å². The summed E-state index contributed by atoms with van der Waals surface area (Å²) in [6, 6.07) is 22.6. The van der Waals surface area contributed by atoms with E-state index in [4.69, 9.17) is 4.99 Å². The van der Waals surface area contributed by atoms with Gasteiger partial charge >= 0.3 is 0 Å². The Morgan fingerprint density at radius 1 is 0.850 bits per heavy atom. The second-order valence-electron chi connectivity index (χ2n) is 6.24. The highest BCUT2D eigenvalue weighted by Gasteiger charge is 2.68. The van der Waals surface area contributed by atoms with Crippen molar-refractivity contribution in [2.45, 2.75) is 31.6 Å². The molecule has 2 aliphatic heterocycles. The van der Waals surface area contributed by atoms with E-state index in [9.17, 15) is 0 Å². The average Bonchev–Trinajstić information content (AvgIpc) is 3.17. The molecule has 1 fully saturated rings. The highest BCUT2D eigenvalue weighted by atomic mass is 15.5. The zero-order valence-corrected chi connectivity index (χ0v) is 11.9. The van der Waals surface area contributed by atoms with Crippen LogP contribution in [-0.4, -0.2) is 17.4 Å². The summed E-state index contributed by atoms with van der Waals surface area (Å²) in [5, 5.41) is 0. The van der Waals surface area contributed by atoms with Crippen molar-refractivity contribution in [3.8, 4) is 0 Å². The van der Waals surface area contributed by atoms with Crippen LogP contribution in [-0.2, 0) is 0 Å². The van der Waals surface area contributed by atoms with Crippen LogP contribution in [0.25, 0.3) is 0 Å². The van der Waals surface area contributed by atoms with E-state index in [1.807, 2.05) is 0 Å². The summed E-state index contributed by atoms with van der Waals surface area (Å²) in [6.45, 7) is 4.49.